The van der Waals surface area contributed by atoms with E-state index in [1.165, 1.54) is 0 Å². The molecule has 1 atom stereocenters. The third kappa shape index (κ3) is 5.73. The smallest absolute Gasteiger partial charge is 0.239 e. The second-order valence-corrected chi connectivity index (χ2v) is 6.20. The van der Waals surface area contributed by atoms with Gasteiger partial charge in [-0.3, -0.25) is 4.79 Å². The zero-order valence-electron chi connectivity index (χ0n) is 12.1. The van der Waals surface area contributed by atoms with Gasteiger partial charge in [0.05, 0.1) is 6.04 Å². The topological polar surface area (TPSA) is 46.3 Å². The average molecular weight is 315 g/mol. The number of hydrogen-bond donors (Lipinski definition) is 1. The van der Waals surface area contributed by atoms with Crippen molar-refractivity contribution >= 4 is 29.3 Å². The Morgan fingerprint density at radius 1 is 1.50 bits per heavy atom. The van der Waals surface area contributed by atoms with Gasteiger partial charge in [-0.25, -0.2) is 0 Å². The van der Waals surface area contributed by atoms with Crippen molar-refractivity contribution < 1.29 is 4.79 Å². The minimum Gasteiger partial charge on any atom is -0.337 e. The molecule has 0 saturated heterocycles. The van der Waals surface area contributed by atoms with Gasteiger partial charge in [-0.2, -0.15) is 11.8 Å². The Balaban J connectivity index is 2.70. The summed E-state index contributed by atoms with van der Waals surface area (Å²) in [6, 6.07) is 7.20. The molecule has 0 unspecified atom stereocenters. The summed E-state index contributed by atoms with van der Waals surface area (Å²) < 4.78 is 0. The molecule has 1 aromatic carbocycles. The maximum atomic E-state index is 12.4. The average Bonchev–Trinajstić information content (AvgIpc) is 2.43. The van der Waals surface area contributed by atoms with Crippen LogP contribution in [-0.2, 0) is 11.3 Å². The highest BCUT2D eigenvalue weighted by Crippen LogP contribution is 2.14. The standard InChI is InChI=1S/C15H23ClN2OS/c1-3-8-18(15(19)14(17)7-9-20-2)11-12-5-4-6-13(16)10-12/h4-6,10,14H,3,7-9,11,17H2,1-2H3/t14-/m0/s1. The lowest BCUT2D eigenvalue weighted by Crippen LogP contribution is -2.44. The van der Waals surface area contributed by atoms with Crippen LogP contribution in [0.2, 0.25) is 5.02 Å². The van der Waals surface area contributed by atoms with Crippen molar-refractivity contribution in [2.45, 2.75) is 32.4 Å². The van der Waals surface area contributed by atoms with Crippen molar-refractivity contribution in [3.8, 4) is 0 Å². The molecule has 0 bridgehead atoms. The largest absolute Gasteiger partial charge is 0.337 e. The van der Waals surface area contributed by atoms with E-state index in [0.717, 1.165) is 30.7 Å². The van der Waals surface area contributed by atoms with E-state index in [1.807, 2.05) is 35.4 Å². The Bertz CT molecular complexity index is 428. The predicted molar refractivity (Wildman–Crippen MR) is 88.1 cm³/mol. The van der Waals surface area contributed by atoms with Gasteiger partial charge in [0.25, 0.3) is 0 Å². The third-order valence-corrected chi connectivity index (χ3v) is 3.90. The maximum Gasteiger partial charge on any atom is 0.239 e. The van der Waals surface area contributed by atoms with E-state index < -0.39 is 6.04 Å². The van der Waals surface area contributed by atoms with Gasteiger partial charge in [-0.05, 0) is 42.5 Å². The van der Waals surface area contributed by atoms with Crippen LogP contribution in [0, 0.1) is 0 Å². The first-order chi connectivity index (χ1) is 9.58. The molecule has 112 valence electrons. The van der Waals surface area contributed by atoms with E-state index >= 15 is 0 Å². The Morgan fingerprint density at radius 2 is 2.25 bits per heavy atom. The van der Waals surface area contributed by atoms with Crippen LogP contribution >= 0.6 is 23.4 Å². The quantitative estimate of drug-likeness (QED) is 0.801. The Labute approximate surface area is 130 Å². The van der Waals surface area contributed by atoms with E-state index in [9.17, 15) is 4.79 Å². The predicted octanol–water partition coefficient (Wildman–Crippen LogP) is 3.16. The number of hydrogen-bond acceptors (Lipinski definition) is 3. The van der Waals surface area contributed by atoms with Gasteiger partial charge in [0, 0.05) is 18.1 Å². The normalized spacial score (nSPS) is 12.2. The fourth-order valence-electron chi connectivity index (χ4n) is 2.00. The first kappa shape index (κ1) is 17.3. The molecule has 1 amide bonds. The van der Waals surface area contributed by atoms with Crippen LogP contribution in [0.4, 0.5) is 0 Å². The molecule has 0 aliphatic carbocycles. The molecule has 2 N–H and O–H groups in total. The molecule has 0 aliphatic rings. The van der Waals surface area contributed by atoms with E-state index in [1.54, 1.807) is 11.8 Å². The lowest BCUT2D eigenvalue weighted by atomic mass is 10.1. The molecule has 0 aliphatic heterocycles. The molecule has 0 radical (unpaired) electrons. The molecule has 1 rings (SSSR count). The fourth-order valence-corrected chi connectivity index (χ4v) is 2.70. The minimum absolute atomic E-state index is 0.0286. The van der Waals surface area contributed by atoms with E-state index in [4.69, 9.17) is 17.3 Å². The van der Waals surface area contributed by atoms with E-state index in [2.05, 4.69) is 6.92 Å². The second-order valence-electron chi connectivity index (χ2n) is 4.78. The number of benzene rings is 1. The Morgan fingerprint density at radius 3 is 2.85 bits per heavy atom. The van der Waals surface area contributed by atoms with Crippen LogP contribution in [0.5, 0.6) is 0 Å². The minimum atomic E-state index is -0.409. The summed E-state index contributed by atoms with van der Waals surface area (Å²) in [4.78, 5) is 14.2. The zero-order valence-corrected chi connectivity index (χ0v) is 13.7. The molecule has 0 aromatic heterocycles. The summed E-state index contributed by atoms with van der Waals surface area (Å²) in [6.07, 6.45) is 3.66. The van der Waals surface area contributed by atoms with E-state index in [-0.39, 0.29) is 5.91 Å². The van der Waals surface area contributed by atoms with Gasteiger partial charge in [-0.15, -0.1) is 0 Å². The van der Waals surface area contributed by atoms with Gasteiger partial charge in [0.1, 0.15) is 0 Å². The number of nitrogens with zero attached hydrogens (tertiary/aromatic N) is 1. The van der Waals surface area contributed by atoms with Crippen molar-refractivity contribution in [3.05, 3.63) is 34.9 Å². The van der Waals surface area contributed by atoms with Crippen molar-refractivity contribution in [1.82, 2.24) is 4.90 Å². The fraction of sp³-hybridized carbons (Fsp3) is 0.533. The van der Waals surface area contributed by atoms with Crippen molar-refractivity contribution in [2.24, 2.45) is 5.73 Å². The number of thioether (sulfide) groups is 1. The molecule has 0 heterocycles. The number of halogens is 1. The third-order valence-electron chi connectivity index (χ3n) is 3.02. The summed E-state index contributed by atoms with van der Waals surface area (Å²) in [5.41, 5.74) is 7.03. The highest BCUT2D eigenvalue weighted by molar-refractivity contribution is 7.98. The summed E-state index contributed by atoms with van der Waals surface area (Å²) >= 11 is 7.70. The number of nitrogens with two attached hydrogens (primary N) is 1. The lowest BCUT2D eigenvalue weighted by Gasteiger charge is -2.25. The Hall–Kier alpha value is -0.710. The van der Waals surface area contributed by atoms with Crippen LogP contribution in [-0.4, -0.2) is 35.4 Å². The van der Waals surface area contributed by atoms with Gasteiger partial charge in [0.15, 0.2) is 0 Å². The van der Waals surface area contributed by atoms with Crippen LogP contribution in [0.1, 0.15) is 25.3 Å². The molecule has 20 heavy (non-hydrogen) atoms. The van der Waals surface area contributed by atoms with Gasteiger partial charge in [0.2, 0.25) is 5.91 Å². The van der Waals surface area contributed by atoms with Crippen LogP contribution in [0.15, 0.2) is 24.3 Å². The van der Waals surface area contributed by atoms with Gasteiger partial charge in [-0.1, -0.05) is 30.7 Å². The first-order valence-electron chi connectivity index (χ1n) is 6.86. The Kier molecular flexibility index (Phi) is 8.04. The number of amides is 1. The summed E-state index contributed by atoms with van der Waals surface area (Å²) in [7, 11) is 0. The molecule has 0 fully saturated rings. The molecule has 0 spiro atoms. The molecule has 1 aromatic rings. The maximum absolute atomic E-state index is 12.4. The summed E-state index contributed by atoms with van der Waals surface area (Å²) in [6.45, 7) is 3.35. The highest BCUT2D eigenvalue weighted by atomic mass is 35.5. The molecule has 0 saturated carbocycles. The lowest BCUT2D eigenvalue weighted by molar-refractivity contribution is -0.133. The molecular weight excluding hydrogens is 292 g/mol. The summed E-state index contributed by atoms with van der Waals surface area (Å²) in [5.74, 6) is 0.935. The number of carbonyl (C=O) groups is 1. The van der Waals surface area contributed by atoms with Crippen LogP contribution in [0.25, 0.3) is 0 Å². The number of rotatable bonds is 8. The second kappa shape index (κ2) is 9.27. The monoisotopic (exact) mass is 314 g/mol. The molecular formula is C15H23ClN2OS. The highest BCUT2D eigenvalue weighted by Gasteiger charge is 2.20. The van der Waals surface area contributed by atoms with Crippen molar-refractivity contribution in [2.75, 3.05) is 18.6 Å². The van der Waals surface area contributed by atoms with Crippen molar-refractivity contribution in [3.63, 3.8) is 0 Å². The van der Waals surface area contributed by atoms with Crippen LogP contribution < -0.4 is 5.73 Å². The molecule has 3 nitrogen and oxygen atoms in total. The zero-order chi connectivity index (χ0) is 15.0. The number of carbonyl (C=O) groups excluding carboxylic acids is 1. The van der Waals surface area contributed by atoms with Gasteiger partial charge >= 0.3 is 0 Å². The van der Waals surface area contributed by atoms with Crippen LogP contribution in [0.3, 0.4) is 0 Å². The van der Waals surface area contributed by atoms with E-state index in [0.29, 0.717) is 11.6 Å². The first-order valence-corrected chi connectivity index (χ1v) is 8.63. The SMILES string of the molecule is CCCN(Cc1cccc(Cl)c1)C(=O)[C@@H](N)CCSC. The molecule has 5 heteroatoms. The summed E-state index contributed by atoms with van der Waals surface area (Å²) in [5, 5.41) is 0.693. The van der Waals surface area contributed by atoms with Gasteiger partial charge < -0.3 is 10.6 Å². The van der Waals surface area contributed by atoms with Crippen molar-refractivity contribution in [1.29, 1.82) is 0 Å².